The van der Waals surface area contributed by atoms with Gasteiger partial charge in [0.1, 0.15) is 5.82 Å². The van der Waals surface area contributed by atoms with Gasteiger partial charge < -0.3 is 15.0 Å². The molecule has 7 nitrogen and oxygen atoms in total. The van der Waals surface area contributed by atoms with Gasteiger partial charge in [0.15, 0.2) is 0 Å². The number of nitrogens with zero attached hydrogens (tertiary/aromatic N) is 3. The average Bonchev–Trinajstić information content (AvgIpc) is 3.02. The highest BCUT2D eigenvalue weighted by Gasteiger charge is 2.34. The summed E-state index contributed by atoms with van der Waals surface area (Å²) in [6.45, 7) is 1.08. The normalized spacial score (nSPS) is 16.1. The SMILES string of the molecule is COCCN(Cc1cnn(C)c1)C(=O)[C@H]1CC(=O)Nc2ccc(F)cc21. The van der Waals surface area contributed by atoms with Crippen molar-refractivity contribution in [2.24, 2.45) is 7.05 Å². The molecule has 2 aromatic rings. The lowest BCUT2D eigenvalue weighted by Crippen LogP contribution is -2.40. The van der Waals surface area contributed by atoms with Gasteiger partial charge in [-0.1, -0.05) is 0 Å². The van der Waals surface area contributed by atoms with E-state index in [0.29, 0.717) is 30.9 Å². The number of aryl methyl sites for hydroxylation is 1. The number of amides is 2. The van der Waals surface area contributed by atoms with Crippen molar-refractivity contribution in [3.05, 3.63) is 47.5 Å². The lowest BCUT2D eigenvalue weighted by atomic mass is 9.89. The van der Waals surface area contributed by atoms with Gasteiger partial charge in [0.2, 0.25) is 11.8 Å². The molecule has 1 atom stereocenters. The highest BCUT2D eigenvalue weighted by Crippen LogP contribution is 2.34. The molecular weight excluding hydrogens is 339 g/mol. The summed E-state index contributed by atoms with van der Waals surface area (Å²) < 4.78 is 20.5. The summed E-state index contributed by atoms with van der Waals surface area (Å²) in [6, 6.07) is 4.07. The number of rotatable bonds is 6. The van der Waals surface area contributed by atoms with Crippen LogP contribution in [-0.2, 0) is 27.9 Å². The molecule has 1 aromatic carbocycles. The molecule has 8 heteroatoms. The van der Waals surface area contributed by atoms with Crippen LogP contribution in [0, 0.1) is 5.82 Å². The third-order valence-corrected chi connectivity index (χ3v) is 4.36. The van der Waals surface area contributed by atoms with E-state index in [2.05, 4.69) is 10.4 Å². The number of aromatic nitrogens is 2. The van der Waals surface area contributed by atoms with Crippen LogP contribution in [0.25, 0.3) is 0 Å². The van der Waals surface area contributed by atoms with Crippen LogP contribution in [-0.4, -0.2) is 46.8 Å². The number of fused-ring (bicyclic) bond motifs is 1. The number of benzene rings is 1. The molecule has 0 saturated heterocycles. The molecule has 2 heterocycles. The molecule has 1 N–H and O–H groups in total. The largest absolute Gasteiger partial charge is 0.383 e. The first kappa shape index (κ1) is 18.1. The van der Waals surface area contributed by atoms with Gasteiger partial charge in [-0.25, -0.2) is 4.39 Å². The molecule has 0 saturated carbocycles. The van der Waals surface area contributed by atoms with Gasteiger partial charge in [0, 0.05) is 51.1 Å². The van der Waals surface area contributed by atoms with E-state index in [9.17, 15) is 14.0 Å². The molecule has 0 unspecified atom stereocenters. The van der Waals surface area contributed by atoms with Gasteiger partial charge in [-0.3, -0.25) is 14.3 Å². The van der Waals surface area contributed by atoms with Crippen molar-refractivity contribution >= 4 is 17.5 Å². The zero-order valence-corrected chi connectivity index (χ0v) is 14.7. The molecule has 3 rings (SSSR count). The number of hydrogen-bond donors (Lipinski definition) is 1. The second kappa shape index (κ2) is 7.65. The van der Waals surface area contributed by atoms with Gasteiger partial charge in [-0.15, -0.1) is 0 Å². The maximum Gasteiger partial charge on any atom is 0.231 e. The van der Waals surface area contributed by atoms with Gasteiger partial charge in [-0.2, -0.15) is 5.10 Å². The molecule has 1 aliphatic rings. The number of methoxy groups -OCH3 is 1. The molecule has 26 heavy (non-hydrogen) atoms. The van der Waals surface area contributed by atoms with Crippen LogP contribution < -0.4 is 5.32 Å². The van der Waals surface area contributed by atoms with Crippen molar-refractivity contribution in [3.63, 3.8) is 0 Å². The number of anilines is 1. The zero-order valence-electron chi connectivity index (χ0n) is 14.7. The summed E-state index contributed by atoms with van der Waals surface area (Å²) in [5, 5.41) is 6.81. The summed E-state index contributed by atoms with van der Waals surface area (Å²) in [5.41, 5.74) is 1.86. The van der Waals surface area contributed by atoms with Crippen molar-refractivity contribution in [2.45, 2.75) is 18.9 Å². The Morgan fingerprint density at radius 2 is 2.31 bits per heavy atom. The minimum absolute atomic E-state index is 0.00813. The van der Waals surface area contributed by atoms with E-state index in [1.54, 1.807) is 29.9 Å². The minimum Gasteiger partial charge on any atom is -0.383 e. The number of carbonyl (C=O) groups excluding carboxylic acids is 2. The number of hydrogen-bond acceptors (Lipinski definition) is 4. The van der Waals surface area contributed by atoms with E-state index >= 15 is 0 Å². The molecule has 1 aliphatic heterocycles. The molecule has 1 aromatic heterocycles. The fourth-order valence-corrected chi connectivity index (χ4v) is 3.12. The summed E-state index contributed by atoms with van der Waals surface area (Å²) in [7, 11) is 3.36. The number of ether oxygens (including phenoxy) is 1. The smallest absolute Gasteiger partial charge is 0.231 e. The second-order valence-corrected chi connectivity index (χ2v) is 6.31. The highest BCUT2D eigenvalue weighted by molar-refractivity contribution is 6.01. The molecule has 2 amide bonds. The lowest BCUT2D eigenvalue weighted by molar-refractivity contribution is -0.136. The predicted octanol–water partition coefficient (Wildman–Crippen LogP) is 1.66. The van der Waals surface area contributed by atoms with Gasteiger partial charge in [0.05, 0.1) is 18.7 Å². The minimum atomic E-state index is -0.719. The van der Waals surface area contributed by atoms with Crippen LogP contribution >= 0.6 is 0 Å². The fraction of sp³-hybridized carbons (Fsp3) is 0.389. The zero-order chi connectivity index (χ0) is 18.7. The molecule has 0 fully saturated rings. The van der Waals surface area contributed by atoms with Crippen LogP contribution in [0.4, 0.5) is 10.1 Å². The van der Waals surface area contributed by atoms with Crippen LogP contribution in [0.5, 0.6) is 0 Å². The summed E-state index contributed by atoms with van der Waals surface area (Å²) in [4.78, 5) is 26.8. The second-order valence-electron chi connectivity index (χ2n) is 6.31. The van der Waals surface area contributed by atoms with Crippen molar-refractivity contribution < 1.29 is 18.7 Å². The van der Waals surface area contributed by atoms with Crippen molar-refractivity contribution in [1.29, 1.82) is 0 Å². The number of carbonyl (C=O) groups is 2. The van der Waals surface area contributed by atoms with Crippen molar-refractivity contribution in [2.75, 3.05) is 25.6 Å². The summed E-state index contributed by atoms with van der Waals surface area (Å²) in [6.07, 6.45) is 3.51. The molecule has 0 spiro atoms. The first-order valence-corrected chi connectivity index (χ1v) is 8.32. The summed E-state index contributed by atoms with van der Waals surface area (Å²) in [5.74, 6) is -1.64. The molecule has 0 bridgehead atoms. The van der Waals surface area contributed by atoms with E-state index in [-0.39, 0.29) is 18.2 Å². The van der Waals surface area contributed by atoms with Crippen LogP contribution in [0.15, 0.2) is 30.6 Å². The molecule has 138 valence electrons. The van der Waals surface area contributed by atoms with E-state index in [1.807, 2.05) is 6.20 Å². The Hall–Kier alpha value is -2.74. The predicted molar refractivity (Wildman–Crippen MR) is 92.9 cm³/mol. The van der Waals surface area contributed by atoms with Gasteiger partial charge in [-0.05, 0) is 23.8 Å². The Balaban J connectivity index is 1.88. The first-order chi connectivity index (χ1) is 12.5. The maximum absolute atomic E-state index is 13.7. The molecule has 0 aliphatic carbocycles. The number of halogens is 1. The van der Waals surface area contributed by atoms with Crippen LogP contribution in [0.1, 0.15) is 23.5 Å². The van der Waals surface area contributed by atoms with Gasteiger partial charge >= 0.3 is 0 Å². The van der Waals surface area contributed by atoms with E-state index in [1.165, 1.54) is 18.2 Å². The average molecular weight is 360 g/mol. The van der Waals surface area contributed by atoms with E-state index < -0.39 is 11.7 Å². The van der Waals surface area contributed by atoms with E-state index in [0.717, 1.165) is 5.56 Å². The lowest BCUT2D eigenvalue weighted by Gasteiger charge is -2.30. The Morgan fingerprint density at radius 1 is 1.50 bits per heavy atom. The van der Waals surface area contributed by atoms with Crippen molar-refractivity contribution in [1.82, 2.24) is 14.7 Å². The Morgan fingerprint density at radius 3 is 3.00 bits per heavy atom. The monoisotopic (exact) mass is 360 g/mol. The van der Waals surface area contributed by atoms with Crippen LogP contribution in [0.3, 0.4) is 0 Å². The Kier molecular flexibility index (Phi) is 5.32. The highest BCUT2D eigenvalue weighted by atomic mass is 19.1. The van der Waals surface area contributed by atoms with E-state index in [4.69, 9.17) is 4.74 Å². The quantitative estimate of drug-likeness (QED) is 0.850. The summed E-state index contributed by atoms with van der Waals surface area (Å²) >= 11 is 0. The fourth-order valence-electron chi connectivity index (χ4n) is 3.12. The Labute approximate surface area is 150 Å². The van der Waals surface area contributed by atoms with Gasteiger partial charge in [0.25, 0.3) is 0 Å². The molecular formula is C18H21FN4O3. The topological polar surface area (TPSA) is 76.5 Å². The van der Waals surface area contributed by atoms with Crippen LogP contribution in [0.2, 0.25) is 0 Å². The third kappa shape index (κ3) is 3.91. The Bertz CT molecular complexity index is 821. The third-order valence-electron chi connectivity index (χ3n) is 4.36. The first-order valence-electron chi connectivity index (χ1n) is 8.32. The standard InChI is InChI=1S/C18H21FN4O3/c1-22-10-12(9-20-22)11-23(5-6-26-2)18(25)15-8-17(24)21-16-4-3-13(19)7-14(15)16/h3-4,7,9-10,15H,5-6,8,11H2,1-2H3,(H,21,24)/t15-/m0/s1. The molecule has 0 radical (unpaired) electrons. The number of nitrogens with one attached hydrogen (secondary N) is 1. The van der Waals surface area contributed by atoms with Crippen molar-refractivity contribution in [3.8, 4) is 0 Å². The maximum atomic E-state index is 13.7.